The van der Waals surface area contributed by atoms with Crippen LogP contribution in [-0.2, 0) is 11.2 Å². The van der Waals surface area contributed by atoms with Crippen LogP contribution in [0.25, 0.3) is 11.4 Å². The first-order valence-corrected chi connectivity index (χ1v) is 8.48. The minimum Gasteiger partial charge on any atom is -0.497 e. The van der Waals surface area contributed by atoms with Gasteiger partial charge in [-0.3, -0.25) is 4.79 Å². The van der Waals surface area contributed by atoms with Crippen molar-refractivity contribution in [3.05, 3.63) is 36.0 Å². The van der Waals surface area contributed by atoms with Gasteiger partial charge in [0.1, 0.15) is 17.4 Å². The SMILES string of the molecule is CCCc1cc(N2CCC(=O)CC2)nc(-c2ccc(OC)cc2)n1. The molecule has 1 aliphatic heterocycles. The molecule has 3 rings (SSSR count). The molecule has 0 saturated carbocycles. The summed E-state index contributed by atoms with van der Waals surface area (Å²) in [5.41, 5.74) is 2.02. The predicted molar refractivity (Wildman–Crippen MR) is 94.5 cm³/mol. The van der Waals surface area contributed by atoms with E-state index in [1.807, 2.05) is 24.3 Å². The van der Waals surface area contributed by atoms with E-state index in [-0.39, 0.29) is 0 Å². The van der Waals surface area contributed by atoms with Crippen LogP contribution in [-0.4, -0.2) is 36.0 Å². The molecule has 0 aliphatic carbocycles. The summed E-state index contributed by atoms with van der Waals surface area (Å²) in [6.45, 7) is 3.63. The molecule has 0 atom stereocenters. The number of methoxy groups -OCH3 is 1. The topological polar surface area (TPSA) is 55.3 Å². The molecule has 0 N–H and O–H groups in total. The molecule has 24 heavy (non-hydrogen) atoms. The number of Topliss-reactive ketones (excluding diaryl/α,β-unsaturated/α-hetero) is 1. The number of carbonyl (C=O) groups excluding carboxylic acids is 1. The Morgan fingerprint density at radius 1 is 1.12 bits per heavy atom. The molecule has 2 aromatic rings. The highest BCUT2D eigenvalue weighted by atomic mass is 16.5. The van der Waals surface area contributed by atoms with Gasteiger partial charge in [0, 0.05) is 43.3 Å². The first-order chi connectivity index (χ1) is 11.7. The van der Waals surface area contributed by atoms with E-state index in [1.165, 1.54) is 0 Å². The Labute approximate surface area is 142 Å². The Kier molecular flexibility index (Phi) is 5.08. The molecule has 0 spiro atoms. The normalized spacial score (nSPS) is 14.8. The van der Waals surface area contributed by atoms with E-state index in [9.17, 15) is 4.79 Å². The molecule has 0 amide bonds. The maximum absolute atomic E-state index is 11.5. The largest absolute Gasteiger partial charge is 0.497 e. The van der Waals surface area contributed by atoms with E-state index >= 15 is 0 Å². The van der Waals surface area contributed by atoms with Crippen molar-refractivity contribution in [3.8, 4) is 17.1 Å². The average Bonchev–Trinajstić information content (AvgIpc) is 2.62. The number of ketones is 1. The summed E-state index contributed by atoms with van der Waals surface area (Å²) in [7, 11) is 1.66. The first kappa shape index (κ1) is 16.4. The molecular weight excluding hydrogens is 302 g/mol. The third kappa shape index (κ3) is 3.72. The van der Waals surface area contributed by atoms with E-state index < -0.39 is 0 Å². The number of benzene rings is 1. The van der Waals surface area contributed by atoms with Crippen molar-refractivity contribution in [2.24, 2.45) is 0 Å². The summed E-state index contributed by atoms with van der Waals surface area (Å²) >= 11 is 0. The third-order valence-corrected chi connectivity index (χ3v) is 4.27. The van der Waals surface area contributed by atoms with Gasteiger partial charge in [0.15, 0.2) is 5.82 Å². The maximum atomic E-state index is 11.5. The molecule has 1 aromatic carbocycles. The van der Waals surface area contributed by atoms with Crippen molar-refractivity contribution >= 4 is 11.6 Å². The van der Waals surface area contributed by atoms with E-state index in [0.29, 0.717) is 18.6 Å². The van der Waals surface area contributed by atoms with Crippen molar-refractivity contribution < 1.29 is 9.53 Å². The smallest absolute Gasteiger partial charge is 0.161 e. The van der Waals surface area contributed by atoms with Crippen LogP contribution in [0.3, 0.4) is 0 Å². The molecular formula is C19H23N3O2. The van der Waals surface area contributed by atoms with Crippen LogP contribution in [0.2, 0.25) is 0 Å². The van der Waals surface area contributed by atoms with Crippen LogP contribution < -0.4 is 9.64 Å². The summed E-state index contributed by atoms with van der Waals surface area (Å²) < 4.78 is 5.22. The van der Waals surface area contributed by atoms with Crippen LogP contribution in [0, 0.1) is 0 Å². The number of aryl methyl sites for hydroxylation is 1. The van der Waals surface area contributed by atoms with Gasteiger partial charge in [-0.1, -0.05) is 13.3 Å². The number of aromatic nitrogens is 2. The van der Waals surface area contributed by atoms with Crippen molar-refractivity contribution in [2.75, 3.05) is 25.1 Å². The highest BCUT2D eigenvalue weighted by Gasteiger charge is 2.19. The van der Waals surface area contributed by atoms with Gasteiger partial charge in [0.05, 0.1) is 7.11 Å². The monoisotopic (exact) mass is 325 g/mol. The second kappa shape index (κ2) is 7.43. The zero-order valence-corrected chi connectivity index (χ0v) is 14.3. The number of hydrogen-bond acceptors (Lipinski definition) is 5. The Hall–Kier alpha value is -2.43. The molecule has 5 nitrogen and oxygen atoms in total. The third-order valence-electron chi connectivity index (χ3n) is 4.27. The molecule has 0 unspecified atom stereocenters. The maximum Gasteiger partial charge on any atom is 0.161 e. The molecule has 0 bridgehead atoms. The lowest BCUT2D eigenvalue weighted by molar-refractivity contribution is -0.119. The van der Waals surface area contributed by atoms with Gasteiger partial charge >= 0.3 is 0 Å². The first-order valence-electron chi connectivity index (χ1n) is 8.48. The van der Waals surface area contributed by atoms with Crippen LogP contribution in [0.5, 0.6) is 5.75 Å². The van der Waals surface area contributed by atoms with Gasteiger partial charge in [-0.05, 0) is 30.7 Å². The standard InChI is InChI=1S/C19H23N3O2/c1-3-4-15-13-18(22-11-9-16(23)10-12-22)21-19(20-15)14-5-7-17(24-2)8-6-14/h5-8,13H,3-4,9-12H2,1-2H3. The average molecular weight is 325 g/mol. The second-order valence-corrected chi connectivity index (χ2v) is 6.05. The molecule has 1 aromatic heterocycles. The number of rotatable bonds is 5. The Bertz CT molecular complexity index is 703. The molecule has 126 valence electrons. The van der Waals surface area contributed by atoms with Gasteiger partial charge < -0.3 is 9.64 Å². The van der Waals surface area contributed by atoms with Crippen LogP contribution in [0.4, 0.5) is 5.82 Å². The fourth-order valence-electron chi connectivity index (χ4n) is 2.88. The number of ether oxygens (including phenoxy) is 1. The lowest BCUT2D eigenvalue weighted by atomic mass is 10.1. The van der Waals surface area contributed by atoms with E-state index in [2.05, 4.69) is 17.9 Å². The summed E-state index contributed by atoms with van der Waals surface area (Å²) in [6, 6.07) is 9.86. The van der Waals surface area contributed by atoms with Gasteiger partial charge in [0.2, 0.25) is 0 Å². The zero-order valence-electron chi connectivity index (χ0n) is 14.3. The molecule has 1 aliphatic rings. The zero-order chi connectivity index (χ0) is 16.9. The lowest BCUT2D eigenvalue weighted by Gasteiger charge is -2.27. The van der Waals surface area contributed by atoms with E-state index in [0.717, 1.165) is 54.6 Å². The highest BCUT2D eigenvalue weighted by Crippen LogP contribution is 2.24. The second-order valence-electron chi connectivity index (χ2n) is 6.05. The predicted octanol–water partition coefficient (Wildman–Crippen LogP) is 3.27. The highest BCUT2D eigenvalue weighted by molar-refractivity contribution is 5.80. The van der Waals surface area contributed by atoms with E-state index in [1.54, 1.807) is 7.11 Å². The van der Waals surface area contributed by atoms with Crippen molar-refractivity contribution in [2.45, 2.75) is 32.6 Å². The van der Waals surface area contributed by atoms with Gasteiger partial charge in [-0.2, -0.15) is 0 Å². The number of hydrogen-bond donors (Lipinski definition) is 0. The number of carbonyl (C=O) groups is 1. The number of nitrogens with zero attached hydrogens (tertiary/aromatic N) is 3. The minimum absolute atomic E-state index is 0.337. The molecule has 1 saturated heterocycles. The van der Waals surface area contributed by atoms with Crippen LogP contribution in [0.15, 0.2) is 30.3 Å². The summed E-state index contributed by atoms with van der Waals surface area (Å²) in [4.78, 5) is 23.1. The fraction of sp³-hybridized carbons (Fsp3) is 0.421. The van der Waals surface area contributed by atoms with Crippen LogP contribution >= 0.6 is 0 Å². The molecule has 1 fully saturated rings. The van der Waals surface area contributed by atoms with Crippen molar-refractivity contribution in [1.82, 2.24) is 9.97 Å². The molecule has 2 heterocycles. The van der Waals surface area contributed by atoms with Gasteiger partial charge in [0.25, 0.3) is 0 Å². The lowest BCUT2D eigenvalue weighted by Crippen LogP contribution is -2.34. The number of anilines is 1. The summed E-state index contributed by atoms with van der Waals surface area (Å²) in [5.74, 6) is 2.81. The van der Waals surface area contributed by atoms with Gasteiger partial charge in [-0.15, -0.1) is 0 Å². The van der Waals surface area contributed by atoms with Crippen molar-refractivity contribution in [3.63, 3.8) is 0 Å². The van der Waals surface area contributed by atoms with Gasteiger partial charge in [-0.25, -0.2) is 9.97 Å². The summed E-state index contributed by atoms with van der Waals surface area (Å²) in [6.07, 6.45) is 3.17. The number of piperidine rings is 1. The van der Waals surface area contributed by atoms with Crippen LogP contribution in [0.1, 0.15) is 31.9 Å². The quantitative estimate of drug-likeness (QED) is 0.844. The Morgan fingerprint density at radius 3 is 2.46 bits per heavy atom. The summed E-state index contributed by atoms with van der Waals surface area (Å²) in [5, 5.41) is 0. The minimum atomic E-state index is 0.337. The fourth-order valence-corrected chi connectivity index (χ4v) is 2.88. The Morgan fingerprint density at radius 2 is 1.83 bits per heavy atom. The Balaban J connectivity index is 1.94. The van der Waals surface area contributed by atoms with Crippen molar-refractivity contribution in [1.29, 1.82) is 0 Å². The molecule has 0 radical (unpaired) electrons. The van der Waals surface area contributed by atoms with E-state index in [4.69, 9.17) is 14.7 Å². The molecule has 5 heteroatoms.